The average Bonchev–Trinajstić information content (AvgIpc) is 2.52. The molecule has 0 spiro atoms. The van der Waals surface area contributed by atoms with E-state index in [2.05, 4.69) is 10.4 Å². The monoisotopic (exact) mass is 242 g/mol. The largest absolute Gasteiger partial charge is 0.392 e. The zero-order valence-electron chi connectivity index (χ0n) is 10.5. The summed E-state index contributed by atoms with van der Waals surface area (Å²) in [5, 5.41) is 27.2. The Morgan fingerprint density at radius 3 is 2.53 bits per heavy atom. The fourth-order valence-electron chi connectivity index (χ4n) is 1.54. The van der Waals surface area contributed by atoms with Gasteiger partial charge < -0.3 is 10.4 Å². The summed E-state index contributed by atoms with van der Waals surface area (Å²) in [5.41, 5.74) is 0.344. The molecule has 0 aromatic carbocycles. The van der Waals surface area contributed by atoms with Gasteiger partial charge in [-0.05, 0) is 27.7 Å². The molecule has 17 heavy (non-hydrogen) atoms. The highest BCUT2D eigenvalue weighted by Crippen LogP contribution is 2.30. The Labute approximate surface area is 99.6 Å². The lowest BCUT2D eigenvalue weighted by Gasteiger charge is -2.12. The third kappa shape index (κ3) is 2.94. The van der Waals surface area contributed by atoms with Gasteiger partial charge in [0.15, 0.2) is 0 Å². The van der Waals surface area contributed by atoms with Crippen molar-refractivity contribution >= 4 is 11.5 Å². The minimum atomic E-state index is -0.578. The second-order valence-corrected chi connectivity index (χ2v) is 4.31. The second-order valence-electron chi connectivity index (χ2n) is 4.31. The third-order valence-electron chi connectivity index (χ3n) is 2.29. The van der Waals surface area contributed by atoms with Crippen molar-refractivity contribution < 1.29 is 10.0 Å². The van der Waals surface area contributed by atoms with Crippen molar-refractivity contribution in [3.8, 4) is 0 Å². The molecule has 0 aliphatic heterocycles. The molecule has 0 aliphatic rings. The number of hydrogen-bond donors (Lipinski definition) is 2. The summed E-state index contributed by atoms with van der Waals surface area (Å²) in [7, 11) is 0. The van der Waals surface area contributed by atoms with Crippen molar-refractivity contribution in [1.82, 2.24) is 9.78 Å². The van der Waals surface area contributed by atoms with E-state index < -0.39 is 11.0 Å². The summed E-state index contributed by atoms with van der Waals surface area (Å²) >= 11 is 0. The first-order valence-corrected chi connectivity index (χ1v) is 5.50. The summed E-state index contributed by atoms with van der Waals surface area (Å²) in [5.74, 6) is 0.350. The number of anilines is 1. The lowest BCUT2D eigenvalue weighted by Crippen LogP contribution is -2.19. The SMILES string of the molecule is Cc1nn(C(C)C)c(NCC(C)O)c1[N+](=O)[O-]. The molecule has 1 unspecified atom stereocenters. The van der Waals surface area contributed by atoms with Gasteiger partial charge in [-0.25, -0.2) is 4.68 Å². The molecule has 0 bridgehead atoms. The molecule has 1 rings (SSSR count). The van der Waals surface area contributed by atoms with Crippen LogP contribution < -0.4 is 5.32 Å². The van der Waals surface area contributed by atoms with Crippen LogP contribution >= 0.6 is 0 Å². The van der Waals surface area contributed by atoms with Crippen molar-refractivity contribution in [3.63, 3.8) is 0 Å². The van der Waals surface area contributed by atoms with Crippen LogP contribution in [0, 0.1) is 17.0 Å². The highest BCUT2D eigenvalue weighted by Gasteiger charge is 2.26. The van der Waals surface area contributed by atoms with E-state index in [-0.39, 0.29) is 18.3 Å². The number of aryl methyl sites for hydroxylation is 1. The second kappa shape index (κ2) is 5.13. The molecule has 1 atom stereocenters. The number of nitrogens with zero attached hydrogens (tertiary/aromatic N) is 3. The average molecular weight is 242 g/mol. The van der Waals surface area contributed by atoms with Gasteiger partial charge in [-0.15, -0.1) is 0 Å². The van der Waals surface area contributed by atoms with Crippen molar-refractivity contribution in [2.24, 2.45) is 0 Å². The molecular formula is C10H18N4O3. The van der Waals surface area contributed by atoms with Crippen LogP contribution in [0.25, 0.3) is 0 Å². The van der Waals surface area contributed by atoms with Gasteiger partial charge >= 0.3 is 5.69 Å². The minimum absolute atomic E-state index is 0.0129. The number of aromatic nitrogens is 2. The lowest BCUT2D eigenvalue weighted by atomic mass is 10.3. The Kier molecular flexibility index (Phi) is 4.06. The summed E-state index contributed by atoms with van der Waals surface area (Å²) < 4.78 is 1.57. The molecular weight excluding hydrogens is 224 g/mol. The van der Waals surface area contributed by atoms with Gasteiger partial charge in [-0.3, -0.25) is 10.1 Å². The maximum atomic E-state index is 11.0. The Morgan fingerprint density at radius 1 is 1.53 bits per heavy atom. The summed E-state index contributed by atoms with van der Waals surface area (Å²) in [4.78, 5) is 10.5. The summed E-state index contributed by atoms with van der Waals surface area (Å²) in [6.45, 7) is 7.25. The zero-order chi connectivity index (χ0) is 13.2. The van der Waals surface area contributed by atoms with Crippen LogP contribution in [-0.2, 0) is 0 Å². The van der Waals surface area contributed by atoms with E-state index in [4.69, 9.17) is 0 Å². The number of rotatable bonds is 5. The molecule has 0 aliphatic carbocycles. The molecule has 0 saturated heterocycles. The Hall–Kier alpha value is -1.63. The van der Waals surface area contributed by atoms with E-state index in [9.17, 15) is 15.2 Å². The summed E-state index contributed by atoms with van der Waals surface area (Å²) in [6, 6.07) is 0.0129. The molecule has 7 nitrogen and oxygen atoms in total. The Bertz CT molecular complexity index is 412. The molecule has 1 aromatic heterocycles. The molecule has 2 N–H and O–H groups in total. The first-order valence-electron chi connectivity index (χ1n) is 5.50. The van der Waals surface area contributed by atoms with Crippen LogP contribution in [0.1, 0.15) is 32.5 Å². The maximum absolute atomic E-state index is 11.0. The smallest absolute Gasteiger partial charge is 0.333 e. The minimum Gasteiger partial charge on any atom is -0.392 e. The molecule has 7 heteroatoms. The predicted molar refractivity (Wildman–Crippen MR) is 64.2 cm³/mol. The van der Waals surface area contributed by atoms with Crippen LogP contribution in [0.3, 0.4) is 0 Å². The lowest BCUT2D eigenvalue weighted by molar-refractivity contribution is -0.384. The number of nitro groups is 1. The number of aliphatic hydroxyl groups is 1. The Balaban J connectivity index is 3.16. The van der Waals surface area contributed by atoms with Gasteiger partial charge in [0.05, 0.1) is 11.0 Å². The van der Waals surface area contributed by atoms with Crippen molar-refractivity contribution in [2.45, 2.75) is 39.8 Å². The van der Waals surface area contributed by atoms with E-state index in [1.54, 1.807) is 18.5 Å². The Morgan fingerprint density at radius 2 is 2.12 bits per heavy atom. The van der Waals surface area contributed by atoms with E-state index >= 15 is 0 Å². The van der Waals surface area contributed by atoms with Crippen molar-refractivity contribution in [2.75, 3.05) is 11.9 Å². The number of hydrogen-bond acceptors (Lipinski definition) is 5. The highest BCUT2D eigenvalue weighted by molar-refractivity contribution is 5.59. The third-order valence-corrected chi connectivity index (χ3v) is 2.29. The van der Waals surface area contributed by atoms with E-state index in [0.29, 0.717) is 11.5 Å². The van der Waals surface area contributed by atoms with Gasteiger partial charge in [0.1, 0.15) is 5.69 Å². The van der Waals surface area contributed by atoms with E-state index in [1.165, 1.54) is 0 Å². The van der Waals surface area contributed by atoms with Gasteiger partial charge in [0.25, 0.3) is 0 Å². The van der Waals surface area contributed by atoms with Gasteiger partial charge in [-0.1, -0.05) is 0 Å². The fourth-order valence-corrected chi connectivity index (χ4v) is 1.54. The summed E-state index contributed by atoms with van der Waals surface area (Å²) in [6.07, 6.45) is -0.578. The van der Waals surface area contributed by atoms with Crippen LogP contribution in [0.5, 0.6) is 0 Å². The highest BCUT2D eigenvalue weighted by atomic mass is 16.6. The first-order chi connectivity index (χ1) is 7.84. The molecule has 0 radical (unpaired) electrons. The standard InChI is InChI=1S/C10H18N4O3/c1-6(2)13-10(11-5-7(3)15)9(14(16)17)8(4)12-13/h6-7,11,15H,5H2,1-4H3. The van der Waals surface area contributed by atoms with Crippen molar-refractivity contribution in [1.29, 1.82) is 0 Å². The topological polar surface area (TPSA) is 93.2 Å². The molecule has 1 aromatic rings. The van der Waals surface area contributed by atoms with Crippen molar-refractivity contribution in [3.05, 3.63) is 15.8 Å². The number of aliphatic hydroxyl groups excluding tert-OH is 1. The normalized spacial score (nSPS) is 12.8. The first kappa shape index (κ1) is 13.4. The van der Waals surface area contributed by atoms with Crippen LogP contribution in [-0.4, -0.2) is 32.5 Å². The maximum Gasteiger partial charge on any atom is 0.333 e. The fraction of sp³-hybridized carbons (Fsp3) is 0.700. The molecule has 1 heterocycles. The molecule has 0 saturated carbocycles. The van der Waals surface area contributed by atoms with Gasteiger partial charge in [0, 0.05) is 12.6 Å². The molecule has 0 amide bonds. The van der Waals surface area contributed by atoms with Gasteiger partial charge in [-0.2, -0.15) is 5.10 Å². The predicted octanol–water partition coefficient (Wildman–Crippen LogP) is 1.47. The number of nitrogens with one attached hydrogen (secondary N) is 1. The van der Waals surface area contributed by atoms with Crippen LogP contribution in [0.15, 0.2) is 0 Å². The quantitative estimate of drug-likeness (QED) is 0.602. The molecule has 0 fully saturated rings. The van der Waals surface area contributed by atoms with Gasteiger partial charge in [0.2, 0.25) is 5.82 Å². The van der Waals surface area contributed by atoms with E-state index in [0.717, 1.165) is 0 Å². The zero-order valence-corrected chi connectivity index (χ0v) is 10.5. The van der Waals surface area contributed by atoms with Crippen LogP contribution in [0.2, 0.25) is 0 Å². The molecule has 96 valence electrons. The van der Waals surface area contributed by atoms with E-state index in [1.807, 2.05) is 13.8 Å². The van der Waals surface area contributed by atoms with Crippen LogP contribution in [0.4, 0.5) is 11.5 Å².